The molecule has 4 aromatic carbocycles. The molecule has 9 amide bonds. The number of carbonyl (C=O) groups excluding carboxylic acids is 9. The molecule has 0 spiro atoms. The van der Waals surface area contributed by atoms with Gasteiger partial charge in [-0.2, -0.15) is 0 Å². The molecule has 0 bridgehead atoms. The number of thiophene rings is 1. The van der Waals surface area contributed by atoms with E-state index in [4.69, 9.17) is 16.3 Å². The molecule has 3 atom stereocenters. The second-order valence-corrected chi connectivity index (χ2v) is 23.7. The summed E-state index contributed by atoms with van der Waals surface area (Å²) in [7, 11) is 2.02. The van der Waals surface area contributed by atoms with Crippen LogP contribution in [0.4, 0.5) is 21.9 Å². The number of imide groups is 1. The Bertz CT molecular complexity index is 3790. The summed E-state index contributed by atoms with van der Waals surface area (Å²) < 4.78 is 6.93. The number of alkyl halides is 1. The average molecular weight is 1210 g/mol. The highest BCUT2D eigenvalue weighted by atomic mass is 35.5. The van der Waals surface area contributed by atoms with Gasteiger partial charge in [-0.25, -0.2) is 4.79 Å². The Morgan fingerprint density at radius 2 is 1.43 bits per heavy atom. The molecule has 1 saturated heterocycles. The van der Waals surface area contributed by atoms with Crippen molar-refractivity contribution in [3.8, 4) is 5.75 Å². The zero-order chi connectivity index (χ0) is 60.8. The number of aromatic amines is 2. The number of likely N-dealkylation sites (N-methyl/N-ethyl adjacent to an activating group) is 1. The van der Waals surface area contributed by atoms with Gasteiger partial charge in [0, 0.05) is 121 Å². The SMILES string of the molecule is Cc1csc2c(OC(=O)N3CCN(C)CC3)cc3c(c12)[C@@H](CCl)CN3C(=O)c1cc2cc(NC(=O)c3cc4cc(NC(=O)CNC(=O)C(CC(C)C)NC(=O)C(Cc5ccccc5)NC(=O)CCCCCN5C(=O)C=CC5=O)ccc4[nH]3)ccc2[nH]1. The van der Waals surface area contributed by atoms with E-state index in [9.17, 15) is 43.2 Å². The number of ether oxygens (including phenoxy) is 1. The maximum atomic E-state index is 14.5. The summed E-state index contributed by atoms with van der Waals surface area (Å²) in [4.78, 5) is 133. The van der Waals surface area contributed by atoms with Gasteiger partial charge >= 0.3 is 6.09 Å². The largest absolute Gasteiger partial charge is 0.415 e. The van der Waals surface area contributed by atoms with Crippen LogP contribution in [0, 0.1) is 12.8 Å². The molecule has 7 N–H and O–H groups in total. The average Bonchev–Trinajstić information content (AvgIpc) is 1.69. The van der Waals surface area contributed by atoms with Crippen LogP contribution in [-0.4, -0.2) is 149 Å². The van der Waals surface area contributed by atoms with Gasteiger partial charge in [-0.15, -0.1) is 22.9 Å². The summed E-state index contributed by atoms with van der Waals surface area (Å²) in [6, 6.07) is 22.6. The minimum Gasteiger partial charge on any atom is -0.409 e. The van der Waals surface area contributed by atoms with E-state index in [-0.39, 0.29) is 72.8 Å². The van der Waals surface area contributed by atoms with E-state index in [2.05, 4.69) is 41.5 Å². The fourth-order valence-electron chi connectivity index (χ4n) is 11.1. The standard InChI is InChI=1S/C63H68ClN11O10S/c1-36(2)25-46(71-61(82)47(26-38-11-7-5-8-12-38)70-52(76)13-9-6-10-20-74-54(78)18-19-55(74)79)59(80)65-33-53(77)66-42-14-16-44-39(27-42)29-48(68-44)60(81)67-43-15-17-45-40(28-43)30-49(69-45)62(83)75-34-41(32-64)57-50(75)31-51(58-56(57)37(3)35-86-58)85-63(84)73-23-21-72(4)22-24-73/h5,7-8,11-12,14-19,27-31,35-36,41,46-47,68-69H,6,9-10,13,20-26,32-34H2,1-4H3,(H,65,80)(H,66,77)(H,67,81)(H,70,76)(H,71,82)/t41-,46?,47?/m0/s1. The summed E-state index contributed by atoms with van der Waals surface area (Å²) in [6.07, 6.45) is 4.10. The van der Waals surface area contributed by atoms with Crippen molar-refractivity contribution in [3.63, 3.8) is 0 Å². The van der Waals surface area contributed by atoms with Crippen molar-refractivity contribution < 1.29 is 47.9 Å². The molecule has 86 heavy (non-hydrogen) atoms. The fourth-order valence-corrected chi connectivity index (χ4v) is 12.4. The van der Waals surface area contributed by atoms with Crippen molar-refractivity contribution in [1.29, 1.82) is 0 Å². The van der Waals surface area contributed by atoms with E-state index in [1.165, 1.54) is 23.5 Å². The van der Waals surface area contributed by atoms with Gasteiger partial charge in [0.2, 0.25) is 23.6 Å². The van der Waals surface area contributed by atoms with Crippen LogP contribution in [-0.2, 0) is 35.2 Å². The van der Waals surface area contributed by atoms with Crippen molar-refractivity contribution in [2.45, 2.75) is 77.3 Å². The number of hydrogen-bond acceptors (Lipinski definition) is 12. The van der Waals surface area contributed by atoms with Crippen LogP contribution in [0.1, 0.15) is 89.5 Å². The molecule has 2 unspecified atom stereocenters. The van der Waals surface area contributed by atoms with Gasteiger partial charge < -0.3 is 56.0 Å². The second-order valence-electron chi connectivity index (χ2n) is 22.5. The first-order chi connectivity index (χ1) is 41.4. The lowest BCUT2D eigenvalue weighted by Crippen LogP contribution is -2.55. The highest BCUT2D eigenvalue weighted by Gasteiger charge is 2.38. The Morgan fingerprint density at radius 1 is 0.756 bits per heavy atom. The first kappa shape index (κ1) is 60.3. The second kappa shape index (κ2) is 26.6. The molecule has 6 heterocycles. The van der Waals surface area contributed by atoms with Crippen molar-refractivity contribution in [1.82, 2.24) is 40.6 Å². The number of hydrogen-bond donors (Lipinski definition) is 7. The molecule has 0 aliphatic carbocycles. The molecule has 21 nitrogen and oxygen atoms in total. The maximum Gasteiger partial charge on any atom is 0.415 e. The van der Waals surface area contributed by atoms with Gasteiger partial charge in [0.1, 0.15) is 23.5 Å². The lowest BCUT2D eigenvalue weighted by Gasteiger charge is -2.31. The monoisotopic (exact) mass is 1210 g/mol. The normalized spacial score (nSPS) is 15.8. The minimum absolute atomic E-state index is 0.0321. The molecule has 3 aliphatic heterocycles. The van der Waals surface area contributed by atoms with Gasteiger partial charge in [0.25, 0.3) is 23.6 Å². The summed E-state index contributed by atoms with van der Waals surface area (Å²) in [5, 5.41) is 18.3. The number of aromatic nitrogens is 2. The van der Waals surface area contributed by atoms with Gasteiger partial charge in [-0.3, -0.25) is 43.3 Å². The Balaban J connectivity index is 0.738. The third-order valence-electron chi connectivity index (χ3n) is 15.6. The predicted molar refractivity (Wildman–Crippen MR) is 331 cm³/mol. The van der Waals surface area contributed by atoms with Gasteiger partial charge in [0.15, 0.2) is 5.75 Å². The molecular formula is C63H68ClN11O10S. The van der Waals surface area contributed by atoms with Crippen LogP contribution in [0.5, 0.6) is 5.75 Å². The Labute approximate surface area is 505 Å². The molecular weight excluding hydrogens is 1140 g/mol. The number of nitrogens with zero attached hydrogens (tertiary/aromatic N) is 4. The third kappa shape index (κ3) is 13.9. The fraction of sp³-hybridized carbons (Fsp3) is 0.349. The van der Waals surface area contributed by atoms with Crippen LogP contribution < -0.4 is 36.2 Å². The highest BCUT2D eigenvalue weighted by Crippen LogP contribution is 2.49. The van der Waals surface area contributed by atoms with E-state index < -0.39 is 48.4 Å². The Morgan fingerprint density at radius 3 is 2.12 bits per heavy atom. The summed E-state index contributed by atoms with van der Waals surface area (Å²) in [5.74, 6) is -3.01. The zero-order valence-electron chi connectivity index (χ0n) is 48.2. The number of amides is 9. The Hall–Kier alpha value is -8.86. The van der Waals surface area contributed by atoms with Crippen LogP contribution in [0.3, 0.4) is 0 Å². The van der Waals surface area contributed by atoms with E-state index >= 15 is 0 Å². The number of nitrogens with one attached hydrogen (secondary N) is 7. The van der Waals surface area contributed by atoms with Gasteiger partial charge in [0.05, 0.1) is 16.9 Å². The number of unbranched alkanes of at least 4 members (excludes halogenated alkanes) is 2. The number of piperazine rings is 1. The molecule has 7 aromatic rings. The smallest absolute Gasteiger partial charge is 0.409 e. The number of carbonyl (C=O) groups is 9. The lowest BCUT2D eigenvalue weighted by molar-refractivity contribution is -0.137. The van der Waals surface area contributed by atoms with Crippen LogP contribution >= 0.6 is 22.9 Å². The van der Waals surface area contributed by atoms with Crippen molar-refractivity contribution in [2.75, 3.05) is 74.3 Å². The van der Waals surface area contributed by atoms with E-state index in [0.717, 1.165) is 44.8 Å². The van der Waals surface area contributed by atoms with E-state index in [0.29, 0.717) is 89.2 Å². The quantitative estimate of drug-likeness (QED) is 0.0194. The molecule has 448 valence electrons. The summed E-state index contributed by atoms with van der Waals surface area (Å²) >= 11 is 8.10. The number of halogens is 1. The van der Waals surface area contributed by atoms with E-state index in [1.54, 1.807) is 64.4 Å². The Kier molecular flexibility index (Phi) is 18.6. The van der Waals surface area contributed by atoms with Crippen molar-refractivity contribution in [3.05, 3.63) is 131 Å². The molecule has 1 fully saturated rings. The number of rotatable bonds is 22. The van der Waals surface area contributed by atoms with E-state index in [1.807, 2.05) is 63.5 Å². The van der Waals surface area contributed by atoms with Gasteiger partial charge in [-0.05, 0) is 110 Å². The first-order valence-corrected chi connectivity index (χ1v) is 30.2. The lowest BCUT2D eigenvalue weighted by atomic mass is 9.97. The summed E-state index contributed by atoms with van der Waals surface area (Å²) in [5.41, 5.74) is 6.13. The predicted octanol–water partition coefficient (Wildman–Crippen LogP) is 7.95. The van der Waals surface area contributed by atoms with Gasteiger partial charge in [-0.1, -0.05) is 50.6 Å². The zero-order valence-corrected chi connectivity index (χ0v) is 49.8. The van der Waals surface area contributed by atoms with Crippen molar-refractivity contribution in [2.24, 2.45) is 5.92 Å². The molecule has 0 radical (unpaired) electrons. The van der Waals surface area contributed by atoms with Crippen LogP contribution in [0.2, 0.25) is 0 Å². The maximum absolute atomic E-state index is 14.5. The molecule has 3 aliphatic rings. The first-order valence-electron chi connectivity index (χ1n) is 28.8. The minimum atomic E-state index is -1.03. The number of fused-ring (bicyclic) bond motifs is 5. The number of aryl methyl sites for hydroxylation is 1. The number of benzene rings is 4. The molecule has 10 rings (SSSR count). The number of H-pyrrole nitrogens is 2. The topological polar surface area (TPSA) is 268 Å². The van der Waals surface area contributed by atoms with Crippen LogP contribution in [0.15, 0.2) is 102 Å². The molecule has 3 aromatic heterocycles. The van der Waals surface area contributed by atoms with Crippen molar-refractivity contribution >= 4 is 125 Å². The third-order valence-corrected chi connectivity index (χ3v) is 17.1. The number of anilines is 3. The molecule has 0 saturated carbocycles. The molecule has 23 heteroatoms. The van der Waals surface area contributed by atoms with Crippen LogP contribution in [0.25, 0.3) is 31.9 Å². The summed E-state index contributed by atoms with van der Waals surface area (Å²) in [6.45, 7) is 8.55. The highest BCUT2D eigenvalue weighted by molar-refractivity contribution is 7.17.